The fraction of sp³-hybridized carbons (Fsp3) is 0.0769. The van der Waals surface area contributed by atoms with Gasteiger partial charge in [0.1, 0.15) is 4.90 Å². The average Bonchev–Trinajstić information content (AvgIpc) is 2.55. The smallest absolute Gasteiger partial charge is 0.239 e. The molecule has 0 saturated heterocycles. The Hall–Kier alpha value is -1.29. The molecule has 0 fully saturated rings. The van der Waals surface area contributed by atoms with E-state index in [9.17, 15) is 25.3 Å². The molecule has 0 bridgehead atoms. The average molecular weight is 491 g/mol. The van der Waals surface area contributed by atoms with Gasteiger partial charge in [-0.15, -0.1) is 0 Å². The van der Waals surface area contributed by atoms with Crippen LogP contribution in [0.15, 0.2) is 51.1 Å². The van der Waals surface area contributed by atoms with Crippen LogP contribution in [0.4, 0.5) is 0 Å². The zero-order chi connectivity index (χ0) is 21.9. The van der Waals surface area contributed by atoms with Gasteiger partial charge in [0.15, 0.2) is 0 Å². The Kier molecular flexibility index (Phi) is 7.98. The van der Waals surface area contributed by atoms with E-state index in [1.54, 1.807) is 12.1 Å². The second kappa shape index (κ2) is 9.02. The van der Waals surface area contributed by atoms with Crippen LogP contribution in [-0.2, 0) is 36.6 Å². The quantitative estimate of drug-likeness (QED) is 0.463. The second-order valence-corrected chi connectivity index (χ2v) is 10.6. The molecule has 0 heterocycles. The molecule has 156 valence electrons. The minimum Gasteiger partial charge on any atom is -0.326 e. The number of benzene rings is 2. The summed E-state index contributed by atoms with van der Waals surface area (Å²) >= 11 is 11.1. The zero-order valence-electron chi connectivity index (χ0n) is 13.9. The lowest BCUT2D eigenvalue weighted by Crippen LogP contribution is -2.16. The minimum absolute atomic E-state index is 0.111. The van der Waals surface area contributed by atoms with E-state index in [1.165, 1.54) is 12.1 Å². The SMILES string of the molecule is NCc1ccc(S(N)(=O)=O)cc1.NS(=O)(=O)c1cc(Cl)c(Cl)c(S(N)(=O)=O)c1. The maximum atomic E-state index is 11.1. The summed E-state index contributed by atoms with van der Waals surface area (Å²) in [5.74, 6) is 0. The Morgan fingerprint density at radius 2 is 1.18 bits per heavy atom. The molecule has 15 heteroatoms. The summed E-state index contributed by atoms with van der Waals surface area (Å²) in [6, 6.07) is 7.85. The largest absolute Gasteiger partial charge is 0.326 e. The van der Waals surface area contributed by atoms with E-state index in [2.05, 4.69) is 0 Å². The van der Waals surface area contributed by atoms with Gasteiger partial charge in [0.25, 0.3) is 0 Å². The number of hydrogen-bond donors (Lipinski definition) is 4. The van der Waals surface area contributed by atoms with E-state index in [1.807, 2.05) is 0 Å². The van der Waals surface area contributed by atoms with Gasteiger partial charge in [0.2, 0.25) is 30.1 Å². The number of sulfonamides is 3. The topological polar surface area (TPSA) is 206 Å². The summed E-state index contributed by atoms with van der Waals surface area (Å²) in [7, 11) is -11.8. The van der Waals surface area contributed by atoms with E-state index in [-0.39, 0.29) is 14.9 Å². The first kappa shape index (κ1) is 24.7. The number of rotatable bonds is 4. The van der Waals surface area contributed by atoms with Crippen LogP contribution in [0.5, 0.6) is 0 Å². The minimum atomic E-state index is -4.18. The Labute approximate surface area is 172 Å². The van der Waals surface area contributed by atoms with Crippen molar-refractivity contribution in [1.29, 1.82) is 0 Å². The van der Waals surface area contributed by atoms with Crippen LogP contribution in [0.3, 0.4) is 0 Å². The van der Waals surface area contributed by atoms with Gasteiger partial charge in [0.05, 0.1) is 19.8 Å². The first-order valence-electron chi connectivity index (χ1n) is 6.94. The number of hydrogen-bond acceptors (Lipinski definition) is 7. The van der Waals surface area contributed by atoms with Crippen LogP contribution in [0.1, 0.15) is 5.56 Å². The molecule has 0 aliphatic carbocycles. The summed E-state index contributed by atoms with van der Waals surface area (Å²) in [6.07, 6.45) is 0. The van der Waals surface area contributed by atoms with Gasteiger partial charge in [-0.25, -0.2) is 40.7 Å². The first-order chi connectivity index (χ1) is 12.6. The molecule has 0 radical (unpaired) electrons. The second-order valence-electron chi connectivity index (χ2n) is 5.20. The van der Waals surface area contributed by atoms with Crippen molar-refractivity contribution in [3.63, 3.8) is 0 Å². The van der Waals surface area contributed by atoms with Gasteiger partial charge in [0, 0.05) is 6.54 Å². The third-order valence-corrected chi connectivity index (χ3v) is 6.76. The van der Waals surface area contributed by atoms with Crippen LogP contribution < -0.4 is 21.2 Å². The molecule has 0 aliphatic rings. The molecule has 0 amide bonds. The van der Waals surface area contributed by atoms with Gasteiger partial charge in [-0.1, -0.05) is 35.3 Å². The lowest BCUT2D eigenvalue weighted by molar-refractivity contribution is 0.594. The zero-order valence-corrected chi connectivity index (χ0v) is 17.9. The van der Waals surface area contributed by atoms with Gasteiger partial charge >= 0.3 is 0 Å². The molecule has 0 spiro atoms. The third-order valence-electron chi connectivity index (χ3n) is 3.09. The van der Waals surface area contributed by atoms with Crippen molar-refractivity contribution in [3.05, 3.63) is 52.0 Å². The maximum Gasteiger partial charge on any atom is 0.239 e. The highest BCUT2D eigenvalue weighted by Crippen LogP contribution is 2.31. The van der Waals surface area contributed by atoms with Crippen molar-refractivity contribution in [2.45, 2.75) is 21.2 Å². The van der Waals surface area contributed by atoms with E-state index < -0.39 is 39.9 Å². The fourth-order valence-corrected chi connectivity index (χ4v) is 4.30. The molecule has 2 aromatic rings. The van der Waals surface area contributed by atoms with Gasteiger partial charge in [-0.05, 0) is 29.8 Å². The summed E-state index contributed by atoms with van der Waals surface area (Å²) in [4.78, 5) is -0.962. The molecule has 0 aromatic heterocycles. The molecule has 8 N–H and O–H groups in total. The van der Waals surface area contributed by atoms with Gasteiger partial charge < -0.3 is 5.73 Å². The Bertz CT molecular complexity index is 1180. The predicted molar refractivity (Wildman–Crippen MR) is 105 cm³/mol. The van der Waals surface area contributed by atoms with Crippen LogP contribution >= 0.6 is 23.2 Å². The highest BCUT2D eigenvalue weighted by molar-refractivity contribution is 7.90. The number of primary sulfonamides is 3. The molecule has 0 atom stereocenters. The van der Waals surface area contributed by atoms with Crippen molar-refractivity contribution >= 4 is 53.3 Å². The highest BCUT2D eigenvalue weighted by atomic mass is 35.5. The molecule has 0 saturated carbocycles. The van der Waals surface area contributed by atoms with Gasteiger partial charge in [-0.2, -0.15) is 0 Å². The Morgan fingerprint density at radius 1 is 0.714 bits per heavy atom. The Morgan fingerprint density at radius 3 is 1.54 bits per heavy atom. The van der Waals surface area contributed by atoms with Crippen molar-refractivity contribution in [1.82, 2.24) is 0 Å². The molecule has 0 aliphatic heterocycles. The van der Waals surface area contributed by atoms with E-state index in [0.29, 0.717) is 6.54 Å². The van der Waals surface area contributed by atoms with Crippen molar-refractivity contribution in [2.24, 2.45) is 21.2 Å². The van der Waals surface area contributed by atoms with Crippen molar-refractivity contribution in [2.75, 3.05) is 0 Å². The van der Waals surface area contributed by atoms with Crippen LogP contribution in [0.2, 0.25) is 10.0 Å². The van der Waals surface area contributed by atoms with Crippen LogP contribution in [0, 0.1) is 0 Å². The van der Waals surface area contributed by atoms with E-state index in [4.69, 9.17) is 44.4 Å². The summed E-state index contributed by atoms with van der Waals surface area (Å²) in [5.41, 5.74) is 6.21. The fourth-order valence-electron chi connectivity index (χ4n) is 1.73. The number of nitrogens with two attached hydrogens (primary N) is 4. The van der Waals surface area contributed by atoms with E-state index in [0.717, 1.165) is 17.7 Å². The molecule has 28 heavy (non-hydrogen) atoms. The molecule has 2 aromatic carbocycles. The van der Waals surface area contributed by atoms with Gasteiger partial charge in [-0.3, -0.25) is 0 Å². The standard InChI is InChI=1S/C7H10N2O2S.C6H6Cl2N2O4S2/c8-5-6-1-3-7(4-2-6)12(9,10)11;7-4-1-3(15(9,11)12)2-5(6(4)8)16(10,13)14/h1-4H,5,8H2,(H2,9,10,11);1-2H,(H2,9,11,12)(H2,10,13,14). The Balaban J connectivity index is 0.000000292. The van der Waals surface area contributed by atoms with Crippen LogP contribution in [0.25, 0.3) is 0 Å². The predicted octanol–water partition coefficient (Wildman–Crippen LogP) is 0.0809. The monoisotopic (exact) mass is 490 g/mol. The van der Waals surface area contributed by atoms with Crippen molar-refractivity contribution < 1.29 is 25.3 Å². The lowest BCUT2D eigenvalue weighted by atomic mass is 10.2. The summed E-state index contributed by atoms with van der Waals surface area (Å²) in [5, 5.41) is 13.9. The molecule has 0 unspecified atom stereocenters. The summed E-state index contributed by atoms with van der Waals surface area (Å²) in [6.45, 7) is 0.394. The molecular weight excluding hydrogens is 475 g/mol. The number of halogens is 2. The highest BCUT2D eigenvalue weighted by Gasteiger charge is 2.20. The lowest BCUT2D eigenvalue weighted by Gasteiger charge is -2.06. The maximum absolute atomic E-state index is 11.1. The third kappa shape index (κ3) is 6.95. The molecule has 10 nitrogen and oxygen atoms in total. The normalized spacial score (nSPS) is 12.2. The summed E-state index contributed by atoms with van der Waals surface area (Å²) < 4.78 is 65.8. The van der Waals surface area contributed by atoms with Crippen molar-refractivity contribution in [3.8, 4) is 0 Å². The molecule has 2 rings (SSSR count). The van der Waals surface area contributed by atoms with E-state index >= 15 is 0 Å². The molecular formula is C13H16Cl2N4O6S3. The van der Waals surface area contributed by atoms with Crippen LogP contribution in [-0.4, -0.2) is 25.3 Å². The first-order valence-corrected chi connectivity index (χ1v) is 12.3.